The van der Waals surface area contributed by atoms with Crippen LogP contribution >= 0.6 is 11.8 Å². The Labute approximate surface area is 787 Å². The quantitative estimate of drug-likeness (QED) is 0.0116. The first-order chi connectivity index (χ1) is 59.5. The molecule has 0 saturated carbocycles. The van der Waals surface area contributed by atoms with E-state index in [9.17, 15) is 92.3 Å². The Bertz CT molecular complexity index is 3400. The SMILES string of the molecule is CC(=O)[C@H](CC(C)C)NC(=O)OC(C)(C)C.CC(C)C[C@H](CC(=O)OC(C)(C)C)C(=O)NCCC(C)(C)O.CC(C)C[C@H](CC(=O)[C@H]1O[C@@H]1C(=O)O)C(=O)NCCC(C)(C)O.CC(C)C[C@H](N)C(=O)NCCC(C)(C)O.CCOC(=O)[C@H]1O[C@@H]1C(=O)C[C@@H](CC(C)C)C(=O)NCCC(C)(C)O.COC(=O)CCNC(=O)[C@@H](CC(=O)OC(C)(C)C)CC(C)C.COC(=O)CCNCl. The molecule has 36 nitrogen and oxygen atoms in total. The highest BCUT2D eigenvalue weighted by Gasteiger charge is 2.52. The van der Waals surface area contributed by atoms with E-state index in [0.29, 0.717) is 121 Å². The summed E-state index contributed by atoms with van der Waals surface area (Å²) in [5.41, 5.74) is 0.764. The summed E-state index contributed by atoms with van der Waals surface area (Å²) in [5.74, 6) is -4.66. The molecule has 10 atom stereocenters. The predicted molar refractivity (Wildman–Crippen MR) is 500 cm³/mol. The van der Waals surface area contributed by atoms with Crippen molar-refractivity contribution in [2.45, 2.75) is 393 Å². The number of methoxy groups -OCH3 is 2. The van der Waals surface area contributed by atoms with Gasteiger partial charge in [-0.2, -0.15) is 0 Å². The summed E-state index contributed by atoms with van der Waals surface area (Å²) in [7, 11) is 2.64. The Morgan fingerprint density at radius 1 is 0.382 bits per heavy atom. The molecule has 766 valence electrons. The third-order valence-corrected chi connectivity index (χ3v) is 18.2. The topological polar surface area (TPSA) is 548 Å². The van der Waals surface area contributed by atoms with Crippen molar-refractivity contribution in [3.8, 4) is 0 Å². The predicted octanol–water partition coefficient (Wildman–Crippen LogP) is 10.1. The first-order valence-electron chi connectivity index (χ1n) is 45.8. The highest BCUT2D eigenvalue weighted by atomic mass is 35.5. The van der Waals surface area contributed by atoms with Crippen LogP contribution in [0.1, 0.15) is 317 Å². The highest BCUT2D eigenvalue weighted by Crippen LogP contribution is 2.31. The van der Waals surface area contributed by atoms with Gasteiger partial charge in [0.1, 0.15) is 16.8 Å². The van der Waals surface area contributed by atoms with Crippen molar-refractivity contribution in [3.63, 3.8) is 0 Å². The van der Waals surface area contributed by atoms with Gasteiger partial charge in [-0.15, -0.1) is 0 Å². The number of Topliss-reactive ketones (excluding diaryl/α,β-unsaturated/α-hetero) is 3. The molecule has 0 spiro atoms. The van der Waals surface area contributed by atoms with E-state index in [4.69, 9.17) is 51.0 Å². The fourth-order valence-electron chi connectivity index (χ4n) is 11.8. The third-order valence-electron chi connectivity index (χ3n) is 18.1. The maximum atomic E-state index is 12.4. The van der Waals surface area contributed by atoms with E-state index in [1.807, 2.05) is 104 Å². The molecule has 2 rings (SSSR count). The lowest BCUT2D eigenvalue weighted by atomic mass is 9.90. The number of hydrogen-bond acceptors (Lipinski definition) is 29. The number of amides is 6. The minimum Gasteiger partial charge on any atom is -0.479 e. The molecule has 0 bridgehead atoms. The number of hydrogen-bond donors (Lipinski definition) is 13. The number of rotatable bonds is 50. The molecular formula is C94H175ClN8O28. The van der Waals surface area contributed by atoms with Crippen molar-refractivity contribution in [3.05, 3.63) is 0 Å². The van der Waals surface area contributed by atoms with Crippen molar-refractivity contribution in [2.24, 2.45) is 64.9 Å². The zero-order valence-corrected chi connectivity index (χ0v) is 86.3. The van der Waals surface area contributed by atoms with Crippen LogP contribution in [0.25, 0.3) is 0 Å². The second-order valence-corrected chi connectivity index (χ2v) is 41.5. The number of esters is 5. The van der Waals surface area contributed by atoms with Crippen LogP contribution < -0.4 is 42.5 Å². The number of aliphatic hydroxyl groups is 4. The highest BCUT2D eigenvalue weighted by molar-refractivity contribution is 6.13. The minimum absolute atomic E-state index is 0.0268. The molecule has 0 radical (unpaired) electrons. The lowest BCUT2D eigenvalue weighted by Gasteiger charge is -2.23. The largest absolute Gasteiger partial charge is 0.479 e. The zero-order valence-electron chi connectivity index (χ0n) is 85.6. The fraction of sp³-hybridized carbons (Fsp3) is 0.840. The number of ketones is 3. The van der Waals surface area contributed by atoms with Crippen molar-refractivity contribution in [1.82, 2.24) is 36.7 Å². The minimum atomic E-state index is -1.15. The van der Waals surface area contributed by atoms with E-state index in [-0.39, 0.29) is 134 Å². The number of carbonyl (C=O) groups is 15. The number of nitrogens with two attached hydrogens (primary N) is 1. The van der Waals surface area contributed by atoms with E-state index in [2.05, 4.69) is 46.2 Å². The number of carboxylic acid groups (broad SMARTS) is 1. The number of aliphatic carboxylic acids is 1. The van der Waals surface area contributed by atoms with E-state index >= 15 is 0 Å². The van der Waals surface area contributed by atoms with Crippen molar-refractivity contribution >= 4 is 101 Å². The number of nitrogens with one attached hydrogen (secondary N) is 7. The van der Waals surface area contributed by atoms with Gasteiger partial charge in [0.15, 0.2) is 41.8 Å². The molecule has 2 heterocycles. The molecule has 37 heteroatoms. The zero-order chi connectivity index (χ0) is 103. The molecule has 2 aliphatic heterocycles. The Morgan fingerprint density at radius 3 is 0.924 bits per heavy atom. The van der Waals surface area contributed by atoms with Crippen molar-refractivity contribution in [1.29, 1.82) is 0 Å². The average molecular weight is 1900 g/mol. The molecule has 0 aromatic carbocycles. The van der Waals surface area contributed by atoms with Crippen molar-refractivity contribution < 1.29 is 135 Å². The second kappa shape index (κ2) is 66.0. The van der Waals surface area contributed by atoms with Gasteiger partial charge in [-0.3, -0.25) is 57.5 Å². The molecule has 131 heavy (non-hydrogen) atoms. The van der Waals surface area contributed by atoms with E-state index in [0.717, 1.165) is 0 Å². The molecule has 6 amide bonds. The van der Waals surface area contributed by atoms with Crippen LogP contribution in [0, 0.1) is 59.2 Å². The van der Waals surface area contributed by atoms with Gasteiger partial charge in [0.25, 0.3) is 0 Å². The van der Waals surface area contributed by atoms with Crippen LogP contribution in [-0.2, 0) is 105 Å². The maximum absolute atomic E-state index is 12.4. The smallest absolute Gasteiger partial charge is 0.408 e. The second-order valence-electron chi connectivity index (χ2n) is 41.2. The molecule has 14 N–H and O–H groups in total. The lowest BCUT2D eigenvalue weighted by Crippen LogP contribution is -2.43. The Morgan fingerprint density at radius 2 is 0.664 bits per heavy atom. The van der Waals surface area contributed by atoms with E-state index < -0.39 is 117 Å². The average Bonchev–Trinajstić information content (AvgIpc) is 1.65. The molecule has 0 unspecified atom stereocenters. The summed E-state index contributed by atoms with van der Waals surface area (Å²) >= 11 is 5.04. The summed E-state index contributed by atoms with van der Waals surface area (Å²) in [6.45, 7) is 59.2. The summed E-state index contributed by atoms with van der Waals surface area (Å²) in [6, 6.07) is -0.887. The van der Waals surface area contributed by atoms with Gasteiger partial charge in [0.05, 0.1) is 81.0 Å². The Kier molecular flexibility index (Phi) is 66.4. The summed E-state index contributed by atoms with van der Waals surface area (Å²) in [5, 5.41) is 63.5. The third kappa shape index (κ3) is 80.6. The normalized spacial score (nSPS) is 16.1. The Hall–Kier alpha value is -7.58. The maximum Gasteiger partial charge on any atom is 0.408 e. The van der Waals surface area contributed by atoms with Gasteiger partial charge in [-0.25, -0.2) is 19.2 Å². The van der Waals surface area contributed by atoms with E-state index in [1.54, 1.807) is 104 Å². The first-order valence-corrected chi connectivity index (χ1v) is 46.1. The van der Waals surface area contributed by atoms with Crippen LogP contribution in [0.2, 0.25) is 0 Å². The number of carbonyl (C=O) groups excluding carboxylic acids is 14. The molecule has 0 aliphatic carbocycles. The molecule has 2 saturated heterocycles. The number of ether oxygens (including phenoxy) is 8. The lowest BCUT2D eigenvalue weighted by molar-refractivity contribution is -0.158. The van der Waals surface area contributed by atoms with E-state index in [1.165, 1.54) is 21.1 Å². The Balaban J connectivity index is -0.000000480. The van der Waals surface area contributed by atoms with Gasteiger partial charge in [0.2, 0.25) is 29.5 Å². The number of carboxylic acids is 1. The molecule has 0 aromatic rings. The van der Waals surface area contributed by atoms with Gasteiger partial charge in [-0.05, 0) is 243 Å². The van der Waals surface area contributed by atoms with Crippen LogP contribution in [0.15, 0.2) is 0 Å². The monoisotopic (exact) mass is 1900 g/mol. The van der Waals surface area contributed by atoms with Gasteiger partial charge >= 0.3 is 41.9 Å². The summed E-state index contributed by atoms with van der Waals surface area (Å²) in [4.78, 5) is 177. The standard InChI is InChI=1S/C18H31NO6.C17H33NO4.C16H27NO6.C16H29NO5.C12H23NO3.C11H24N2O2.C4H8ClNO2/c1-6-24-17(22)15-14(25-15)13(20)10-12(9-11(2)3)16(21)19-8-7-18(4,5)23;1-12(2)10-13(11-14(19)22-16(3,4)5)15(20)18-9-8-17(6,7)21;1-9(2)7-10(14(19)17-6-5-16(3,4)22)8-11(18)12-13(23-12)15(20)21;1-11(2)9-12(10-14(19)22-16(3,4)5)15(20)17-8-7-13(18)21-6;1-8(2)7-10(9(3)14)13-11(15)16-12(4,5)6;1-8(2)7-9(12)10(14)13-6-5-11(3,4)15;1-8-4(7)2-3-6-5/h11-12,14-15,23H,6-10H2,1-5H3,(H,19,21);12-13,21H,8-11H2,1-7H3,(H,18,20);9-10,12-13,22H,5-8H2,1-4H3,(H,17,19)(H,20,21);11-12H,7-10H2,1-6H3,(H,17,20);8,10H,7H2,1-6H3,(H,13,15);8-9,15H,5-7,12H2,1-4H3,(H,13,14);6H,2-3H2,1H3/t12-,14-,15+;13-;10-,12-,13+;12-;10-;9-;/m111100./s1. The molecule has 2 aliphatic rings. The van der Waals surface area contributed by atoms with Gasteiger partial charge in [0, 0.05) is 75.8 Å². The summed E-state index contributed by atoms with van der Waals surface area (Å²) in [6.07, 6.45) is 1.91. The van der Waals surface area contributed by atoms with Crippen LogP contribution in [0.5, 0.6) is 0 Å². The van der Waals surface area contributed by atoms with Crippen molar-refractivity contribution in [2.75, 3.05) is 60.1 Å². The van der Waals surface area contributed by atoms with Crippen LogP contribution in [0.3, 0.4) is 0 Å². The molecule has 0 aromatic heterocycles. The molecular weight excluding hydrogens is 1720 g/mol. The molecule has 2 fully saturated rings. The van der Waals surface area contributed by atoms with Gasteiger partial charge in [-0.1, -0.05) is 83.1 Å². The summed E-state index contributed by atoms with van der Waals surface area (Å²) < 4.78 is 39.3. The van der Waals surface area contributed by atoms with Crippen LogP contribution in [0.4, 0.5) is 4.79 Å². The van der Waals surface area contributed by atoms with Gasteiger partial charge < -0.3 is 101 Å². The number of halogens is 1. The fourth-order valence-corrected chi connectivity index (χ4v) is 11.9. The first kappa shape index (κ1) is 132. The number of alkyl carbamates (subject to hydrolysis) is 1. The number of epoxide rings is 2. The van der Waals surface area contributed by atoms with Crippen LogP contribution in [-0.4, -0.2) is 250 Å².